The Bertz CT molecular complexity index is 479. The fraction of sp³-hybridized carbons (Fsp3) is 0.167. The first-order valence-corrected chi connectivity index (χ1v) is 5.87. The third-order valence-electron chi connectivity index (χ3n) is 2.15. The van der Waals surface area contributed by atoms with Gasteiger partial charge in [-0.15, -0.1) is 11.3 Å². The van der Waals surface area contributed by atoms with E-state index in [1.807, 2.05) is 36.6 Å². The summed E-state index contributed by atoms with van der Waals surface area (Å²) in [6.07, 6.45) is 1.72. The lowest BCUT2D eigenvalue weighted by Crippen LogP contribution is -2.22. The maximum absolute atomic E-state index is 11.7. The van der Waals surface area contributed by atoms with Crippen LogP contribution in [0.5, 0.6) is 0 Å². The summed E-state index contributed by atoms with van der Waals surface area (Å²) in [6.45, 7) is 2.45. The molecular weight excluding hydrogens is 220 g/mol. The minimum atomic E-state index is -0.0463. The summed E-state index contributed by atoms with van der Waals surface area (Å²) in [5, 5.41) is 4.70. The van der Waals surface area contributed by atoms with Gasteiger partial charge in [0.15, 0.2) is 0 Å². The summed E-state index contributed by atoms with van der Waals surface area (Å²) >= 11 is 1.58. The Labute approximate surface area is 98.2 Å². The molecule has 2 heterocycles. The summed E-state index contributed by atoms with van der Waals surface area (Å²) in [5.74, 6) is -0.0463. The summed E-state index contributed by atoms with van der Waals surface area (Å²) < 4.78 is 0. The molecule has 1 amide bonds. The van der Waals surface area contributed by atoms with Crippen molar-refractivity contribution in [1.29, 1.82) is 0 Å². The molecule has 1 N–H and O–H groups in total. The first kappa shape index (κ1) is 10.8. The Morgan fingerprint density at radius 1 is 1.50 bits per heavy atom. The van der Waals surface area contributed by atoms with Crippen molar-refractivity contribution in [1.82, 2.24) is 10.3 Å². The standard InChI is InChI=1S/C12H12N2OS/c1-9-6-10(8-16-9)12(15)14-7-11-4-2-3-5-13-11/h2-6,8H,7H2,1H3,(H,14,15). The van der Waals surface area contributed by atoms with Crippen LogP contribution in [0.15, 0.2) is 35.8 Å². The number of aromatic nitrogens is 1. The van der Waals surface area contributed by atoms with Gasteiger partial charge in [0, 0.05) is 16.5 Å². The van der Waals surface area contributed by atoms with Crippen molar-refractivity contribution in [2.24, 2.45) is 0 Å². The Morgan fingerprint density at radius 3 is 3.00 bits per heavy atom. The van der Waals surface area contributed by atoms with Crippen molar-refractivity contribution in [3.05, 3.63) is 52.0 Å². The SMILES string of the molecule is Cc1cc(C(=O)NCc2ccccn2)cs1. The van der Waals surface area contributed by atoms with E-state index in [1.165, 1.54) is 0 Å². The number of amides is 1. The Morgan fingerprint density at radius 2 is 2.38 bits per heavy atom. The molecule has 0 saturated carbocycles. The molecule has 0 aromatic carbocycles. The molecule has 2 rings (SSSR count). The maximum atomic E-state index is 11.7. The average Bonchev–Trinajstić information content (AvgIpc) is 2.74. The molecule has 82 valence electrons. The van der Waals surface area contributed by atoms with Gasteiger partial charge in [-0.2, -0.15) is 0 Å². The lowest BCUT2D eigenvalue weighted by molar-refractivity contribution is 0.0951. The number of nitrogens with one attached hydrogen (secondary N) is 1. The first-order valence-electron chi connectivity index (χ1n) is 4.99. The number of nitrogens with zero attached hydrogens (tertiary/aromatic N) is 1. The van der Waals surface area contributed by atoms with Crippen LogP contribution in [0.25, 0.3) is 0 Å². The van der Waals surface area contributed by atoms with E-state index in [0.717, 1.165) is 16.1 Å². The van der Waals surface area contributed by atoms with Crippen LogP contribution in [0.4, 0.5) is 0 Å². The number of carbonyl (C=O) groups excluding carboxylic acids is 1. The third kappa shape index (κ3) is 2.67. The summed E-state index contributed by atoms with van der Waals surface area (Å²) in [7, 11) is 0. The molecule has 2 aromatic heterocycles. The first-order chi connectivity index (χ1) is 7.75. The molecule has 0 bridgehead atoms. The molecule has 0 radical (unpaired) electrons. The van der Waals surface area contributed by atoms with Crippen molar-refractivity contribution < 1.29 is 4.79 Å². The maximum Gasteiger partial charge on any atom is 0.252 e. The van der Waals surface area contributed by atoms with Crippen molar-refractivity contribution in [2.45, 2.75) is 13.5 Å². The number of carbonyl (C=O) groups is 1. The molecular formula is C12H12N2OS. The van der Waals surface area contributed by atoms with Gasteiger partial charge in [-0.05, 0) is 25.1 Å². The zero-order chi connectivity index (χ0) is 11.4. The van der Waals surface area contributed by atoms with Crippen LogP contribution in [-0.2, 0) is 6.54 Å². The van der Waals surface area contributed by atoms with E-state index >= 15 is 0 Å². The van der Waals surface area contributed by atoms with E-state index in [0.29, 0.717) is 6.54 Å². The molecule has 0 atom stereocenters. The molecule has 2 aromatic rings. The van der Waals surface area contributed by atoms with Gasteiger partial charge < -0.3 is 5.32 Å². The van der Waals surface area contributed by atoms with Crippen molar-refractivity contribution in [3.8, 4) is 0 Å². The van der Waals surface area contributed by atoms with Crippen LogP contribution in [0, 0.1) is 6.92 Å². The van der Waals surface area contributed by atoms with E-state index in [4.69, 9.17) is 0 Å². The molecule has 0 aliphatic heterocycles. The van der Waals surface area contributed by atoms with Gasteiger partial charge in [-0.1, -0.05) is 6.07 Å². The van der Waals surface area contributed by atoms with Crippen molar-refractivity contribution in [2.75, 3.05) is 0 Å². The van der Waals surface area contributed by atoms with E-state index in [2.05, 4.69) is 10.3 Å². The van der Waals surface area contributed by atoms with Gasteiger partial charge >= 0.3 is 0 Å². The Kier molecular flexibility index (Phi) is 3.31. The topological polar surface area (TPSA) is 42.0 Å². The number of aryl methyl sites for hydroxylation is 1. The van der Waals surface area contributed by atoms with Gasteiger partial charge in [-0.25, -0.2) is 0 Å². The molecule has 0 aliphatic carbocycles. The number of hydrogen-bond donors (Lipinski definition) is 1. The van der Waals surface area contributed by atoms with E-state index < -0.39 is 0 Å². The molecule has 0 aliphatic rings. The van der Waals surface area contributed by atoms with Gasteiger partial charge in [0.1, 0.15) is 0 Å². The van der Waals surface area contributed by atoms with Crippen LogP contribution < -0.4 is 5.32 Å². The highest BCUT2D eigenvalue weighted by atomic mass is 32.1. The minimum Gasteiger partial charge on any atom is -0.346 e. The number of hydrogen-bond acceptors (Lipinski definition) is 3. The monoisotopic (exact) mass is 232 g/mol. The fourth-order valence-corrected chi connectivity index (χ4v) is 2.02. The van der Waals surface area contributed by atoms with Crippen molar-refractivity contribution in [3.63, 3.8) is 0 Å². The van der Waals surface area contributed by atoms with Crippen LogP contribution in [0.3, 0.4) is 0 Å². The minimum absolute atomic E-state index is 0.0463. The van der Waals surface area contributed by atoms with Gasteiger partial charge in [0.05, 0.1) is 17.8 Å². The van der Waals surface area contributed by atoms with E-state index in [9.17, 15) is 4.79 Å². The molecule has 0 spiro atoms. The number of thiophene rings is 1. The second-order valence-corrected chi connectivity index (χ2v) is 4.57. The lowest BCUT2D eigenvalue weighted by atomic mass is 10.3. The highest BCUT2D eigenvalue weighted by Gasteiger charge is 2.06. The second-order valence-electron chi connectivity index (χ2n) is 3.45. The Balaban J connectivity index is 1.94. The average molecular weight is 232 g/mol. The van der Waals surface area contributed by atoms with Gasteiger partial charge in [-0.3, -0.25) is 9.78 Å². The largest absolute Gasteiger partial charge is 0.346 e. The van der Waals surface area contributed by atoms with Crippen LogP contribution in [0.2, 0.25) is 0 Å². The third-order valence-corrected chi connectivity index (χ3v) is 3.01. The van der Waals surface area contributed by atoms with Gasteiger partial charge in [0.25, 0.3) is 5.91 Å². The van der Waals surface area contributed by atoms with E-state index in [1.54, 1.807) is 17.5 Å². The van der Waals surface area contributed by atoms with Crippen LogP contribution >= 0.6 is 11.3 Å². The second kappa shape index (κ2) is 4.90. The summed E-state index contributed by atoms with van der Waals surface area (Å²) in [4.78, 5) is 17.0. The summed E-state index contributed by atoms with van der Waals surface area (Å²) in [6, 6.07) is 7.54. The molecule has 0 fully saturated rings. The molecule has 0 saturated heterocycles. The number of rotatable bonds is 3. The smallest absolute Gasteiger partial charge is 0.252 e. The molecule has 0 unspecified atom stereocenters. The molecule has 16 heavy (non-hydrogen) atoms. The quantitative estimate of drug-likeness (QED) is 0.882. The predicted molar refractivity (Wildman–Crippen MR) is 64.5 cm³/mol. The summed E-state index contributed by atoms with van der Waals surface area (Å²) in [5.41, 5.74) is 1.58. The fourth-order valence-electron chi connectivity index (χ4n) is 1.34. The van der Waals surface area contributed by atoms with E-state index in [-0.39, 0.29) is 5.91 Å². The molecule has 4 heteroatoms. The van der Waals surface area contributed by atoms with Crippen LogP contribution in [-0.4, -0.2) is 10.9 Å². The predicted octanol–water partition coefficient (Wildman–Crippen LogP) is 2.38. The highest BCUT2D eigenvalue weighted by molar-refractivity contribution is 7.10. The number of pyridine rings is 1. The Hall–Kier alpha value is -1.68. The van der Waals surface area contributed by atoms with Gasteiger partial charge in [0.2, 0.25) is 0 Å². The highest BCUT2D eigenvalue weighted by Crippen LogP contribution is 2.12. The zero-order valence-corrected chi connectivity index (χ0v) is 9.75. The van der Waals surface area contributed by atoms with Crippen molar-refractivity contribution >= 4 is 17.2 Å². The van der Waals surface area contributed by atoms with Crippen LogP contribution in [0.1, 0.15) is 20.9 Å². The lowest BCUT2D eigenvalue weighted by Gasteiger charge is -2.02. The zero-order valence-electron chi connectivity index (χ0n) is 8.93. The normalized spacial score (nSPS) is 10.1. The molecule has 3 nitrogen and oxygen atoms in total.